The fraction of sp³-hybridized carbons (Fsp3) is 0.593. The van der Waals surface area contributed by atoms with Crippen LogP contribution in [0, 0.1) is 11.8 Å². The summed E-state index contributed by atoms with van der Waals surface area (Å²) in [5.41, 5.74) is 4.99. The molecule has 1 fully saturated rings. The average molecular weight is 436 g/mol. The Morgan fingerprint density at radius 2 is 1.94 bits per heavy atom. The minimum atomic E-state index is -0.453. The van der Waals surface area contributed by atoms with E-state index >= 15 is 0 Å². The van der Waals surface area contributed by atoms with Crippen molar-refractivity contribution in [3.63, 3.8) is 0 Å². The van der Waals surface area contributed by atoms with Gasteiger partial charge < -0.3 is 14.6 Å². The van der Waals surface area contributed by atoms with Crippen molar-refractivity contribution in [1.29, 1.82) is 0 Å². The van der Waals surface area contributed by atoms with E-state index in [4.69, 9.17) is 0 Å². The molecule has 2 heterocycles. The van der Waals surface area contributed by atoms with Gasteiger partial charge in [0.2, 0.25) is 5.91 Å². The van der Waals surface area contributed by atoms with Crippen molar-refractivity contribution in [3.05, 3.63) is 41.6 Å². The van der Waals surface area contributed by atoms with E-state index in [9.17, 15) is 9.90 Å². The van der Waals surface area contributed by atoms with Crippen LogP contribution in [0.5, 0.6) is 0 Å². The van der Waals surface area contributed by atoms with Gasteiger partial charge in [0.25, 0.3) is 0 Å². The maximum absolute atomic E-state index is 13.2. The number of aliphatic hydroxyl groups is 1. The molecule has 2 aliphatic carbocycles. The summed E-state index contributed by atoms with van der Waals surface area (Å²) >= 11 is 0. The second-order valence-corrected chi connectivity index (χ2v) is 9.97. The highest BCUT2D eigenvalue weighted by Crippen LogP contribution is 2.43. The van der Waals surface area contributed by atoms with E-state index in [-0.39, 0.29) is 17.9 Å². The van der Waals surface area contributed by atoms with E-state index < -0.39 is 6.23 Å². The van der Waals surface area contributed by atoms with Crippen LogP contribution in [0.1, 0.15) is 63.3 Å². The fourth-order valence-electron chi connectivity index (χ4n) is 6.39. The van der Waals surface area contributed by atoms with Gasteiger partial charge in [0.15, 0.2) is 0 Å². The van der Waals surface area contributed by atoms with Crippen molar-refractivity contribution in [3.8, 4) is 0 Å². The molecule has 3 aliphatic rings. The molecule has 0 saturated heterocycles. The number of carbonyl (C=O) groups is 1. The predicted octanol–water partition coefficient (Wildman–Crippen LogP) is 4.45. The van der Waals surface area contributed by atoms with Gasteiger partial charge in [0.1, 0.15) is 6.23 Å². The molecule has 172 valence electrons. The minimum Gasteiger partial charge on any atom is -0.373 e. The van der Waals surface area contributed by atoms with Crippen LogP contribution in [0.4, 0.5) is 0 Å². The molecule has 5 nitrogen and oxygen atoms in total. The molecule has 0 spiro atoms. The van der Waals surface area contributed by atoms with Crippen LogP contribution in [-0.4, -0.2) is 58.1 Å². The Hall–Kier alpha value is -2.11. The van der Waals surface area contributed by atoms with Crippen LogP contribution in [-0.2, 0) is 11.2 Å². The molecule has 3 atom stereocenters. The third-order valence-electron chi connectivity index (χ3n) is 8.17. The summed E-state index contributed by atoms with van der Waals surface area (Å²) in [5.74, 6) is 0.478. The number of amides is 1. The van der Waals surface area contributed by atoms with Crippen molar-refractivity contribution < 1.29 is 9.90 Å². The first-order chi connectivity index (χ1) is 15.5. The van der Waals surface area contributed by atoms with Crippen molar-refractivity contribution in [2.45, 2.75) is 64.6 Å². The lowest BCUT2D eigenvalue weighted by Crippen LogP contribution is -2.47. The normalized spacial score (nSPS) is 24.8. The SMILES string of the molecule is CCN(CC)C(=O)[C@@H]1C=C2c3cccc4c3c(cn4C(O)C3CCCCC3)C[C@H]2N(C)C1. The first kappa shape index (κ1) is 21.7. The van der Waals surface area contributed by atoms with Gasteiger partial charge in [-0.2, -0.15) is 0 Å². The first-order valence-corrected chi connectivity index (χ1v) is 12.5. The van der Waals surface area contributed by atoms with Crippen LogP contribution < -0.4 is 0 Å². The summed E-state index contributed by atoms with van der Waals surface area (Å²) in [6.07, 6.45) is 10.9. The second kappa shape index (κ2) is 8.68. The van der Waals surface area contributed by atoms with Gasteiger partial charge in [-0.05, 0) is 62.9 Å². The molecule has 1 unspecified atom stereocenters. The van der Waals surface area contributed by atoms with Gasteiger partial charge in [-0.15, -0.1) is 0 Å². The number of benzene rings is 1. The number of hydrogen-bond donors (Lipinski definition) is 1. The van der Waals surface area contributed by atoms with E-state index in [1.807, 2.05) is 4.90 Å². The molecule has 1 N–H and O–H groups in total. The number of likely N-dealkylation sites (N-methyl/N-ethyl adjacent to an activating group) is 1. The molecule has 32 heavy (non-hydrogen) atoms. The first-order valence-electron chi connectivity index (χ1n) is 12.5. The van der Waals surface area contributed by atoms with E-state index in [0.29, 0.717) is 5.92 Å². The van der Waals surface area contributed by atoms with Crippen LogP contribution in [0.25, 0.3) is 16.5 Å². The highest BCUT2D eigenvalue weighted by atomic mass is 16.3. The van der Waals surface area contributed by atoms with Crippen molar-refractivity contribution in [2.75, 3.05) is 26.7 Å². The van der Waals surface area contributed by atoms with Gasteiger partial charge in [-0.3, -0.25) is 9.69 Å². The Morgan fingerprint density at radius 1 is 1.19 bits per heavy atom. The van der Waals surface area contributed by atoms with Gasteiger partial charge in [-0.1, -0.05) is 37.5 Å². The summed E-state index contributed by atoms with van der Waals surface area (Å²) < 4.78 is 2.14. The molecule has 5 heteroatoms. The summed E-state index contributed by atoms with van der Waals surface area (Å²) in [6.45, 7) is 6.38. The van der Waals surface area contributed by atoms with E-state index in [0.717, 1.165) is 44.4 Å². The van der Waals surface area contributed by atoms with Gasteiger partial charge in [-0.25, -0.2) is 0 Å². The third kappa shape index (κ3) is 3.50. The molecule has 1 saturated carbocycles. The number of rotatable bonds is 5. The maximum Gasteiger partial charge on any atom is 0.230 e. The monoisotopic (exact) mass is 435 g/mol. The molecule has 1 amide bonds. The van der Waals surface area contributed by atoms with Gasteiger partial charge in [0, 0.05) is 43.2 Å². The zero-order chi connectivity index (χ0) is 22.4. The van der Waals surface area contributed by atoms with Crippen molar-refractivity contribution >= 4 is 22.4 Å². The lowest BCUT2D eigenvalue weighted by Gasteiger charge is -2.40. The topological polar surface area (TPSA) is 48.7 Å². The summed E-state index contributed by atoms with van der Waals surface area (Å²) in [5, 5.41) is 12.6. The summed E-state index contributed by atoms with van der Waals surface area (Å²) in [6, 6.07) is 6.76. The Balaban J connectivity index is 1.56. The number of nitrogens with zero attached hydrogens (tertiary/aromatic N) is 3. The number of hydrogen-bond acceptors (Lipinski definition) is 3. The summed E-state index contributed by atoms with van der Waals surface area (Å²) in [4.78, 5) is 17.5. The lowest BCUT2D eigenvalue weighted by molar-refractivity contribution is -0.134. The third-order valence-corrected chi connectivity index (χ3v) is 8.17. The highest BCUT2D eigenvalue weighted by molar-refractivity contribution is 5.99. The molecular formula is C27H37N3O2. The molecule has 1 aromatic carbocycles. The smallest absolute Gasteiger partial charge is 0.230 e. The molecule has 5 rings (SSSR count). The van der Waals surface area contributed by atoms with Crippen molar-refractivity contribution in [2.24, 2.45) is 11.8 Å². The van der Waals surface area contributed by atoms with Crippen LogP contribution in [0.3, 0.4) is 0 Å². The zero-order valence-corrected chi connectivity index (χ0v) is 19.8. The predicted molar refractivity (Wildman–Crippen MR) is 129 cm³/mol. The number of fused-ring (bicyclic) bond motifs is 2. The molecule has 2 aromatic rings. The van der Waals surface area contributed by atoms with Crippen LogP contribution in [0.2, 0.25) is 0 Å². The Morgan fingerprint density at radius 3 is 2.66 bits per heavy atom. The quantitative estimate of drug-likeness (QED) is 0.755. The standard InChI is InChI=1S/C27H37N3O2/c1-4-29(5-2)26(31)20-14-22-21-12-9-13-23-25(21)19(15-24(22)28(3)16-20)17-30(23)27(32)18-10-7-6-8-11-18/h9,12-14,17-18,20,24,27,32H,4-8,10-11,15-16H2,1-3H3/t20-,24-,27?/m1/s1. The Labute approximate surface area is 191 Å². The average Bonchev–Trinajstić information content (AvgIpc) is 3.20. The van der Waals surface area contributed by atoms with Crippen molar-refractivity contribution in [1.82, 2.24) is 14.4 Å². The Kier molecular flexibility index (Phi) is 5.89. The van der Waals surface area contributed by atoms with Crippen LogP contribution >= 0.6 is 0 Å². The number of aliphatic hydroxyl groups excluding tert-OH is 1. The molecule has 1 aromatic heterocycles. The molecule has 1 aliphatic heterocycles. The number of aromatic nitrogens is 1. The Bertz CT molecular complexity index is 1030. The fourth-order valence-corrected chi connectivity index (χ4v) is 6.39. The molecule has 0 radical (unpaired) electrons. The minimum absolute atomic E-state index is 0.0992. The largest absolute Gasteiger partial charge is 0.373 e. The summed E-state index contributed by atoms with van der Waals surface area (Å²) in [7, 11) is 2.15. The van der Waals surface area contributed by atoms with Crippen LogP contribution in [0.15, 0.2) is 30.5 Å². The molecular weight excluding hydrogens is 398 g/mol. The maximum atomic E-state index is 13.2. The number of carbonyl (C=O) groups excluding carboxylic acids is 1. The van der Waals surface area contributed by atoms with E-state index in [2.05, 4.69) is 60.8 Å². The van der Waals surface area contributed by atoms with E-state index in [1.165, 1.54) is 41.3 Å². The highest BCUT2D eigenvalue weighted by Gasteiger charge is 2.37. The lowest BCUT2D eigenvalue weighted by atomic mass is 9.79. The zero-order valence-electron chi connectivity index (χ0n) is 19.8. The van der Waals surface area contributed by atoms with Gasteiger partial charge >= 0.3 is 0 Å². The van der Waals surface area contributed by atoms with E-state index in [1.54, 1.807) is 0 Å². The molecule has 0 bridgehead atoms. The second-order valence-electron chi connectivity index (χ2n) is 9.97. The van der Waals surface area contributed by atoms with Gasteiger partial charge in [0.05, 0.1) is 11.4 Å².